The fraction of sp³-hybridized carbons (Fsp3) is 0.417. The molecule has 0 bridgehead atoms. The first-order valence-electron chi connectivity index (χ1n) is 5.72. The summed E-state index contributed by atoms with van der Waals surface area (Å²) in [6.45, 7) is 3.51. The highest BCUT2D eigenvalue weighted by molar-refractivity contribution is 5.93. The zero-order valence-corrected chi connectivity index (χ0v) is 10.8. The monoisotopic (exact) mass is 269 g/mol. The molecule has 6 nitrogen and oxygen atoms in total. The van der Waals surface area contributed by atoms with E-state index in [9.17, 15) is 19.3 Å². The van der Waals surface area contributed by atoms with Crippen LogP contribution in [0.3, 0.4) is 0 Å². The molecule has 0 aliphatic heterocycles. The minimum atomic E-state index is -0.838. The normalized spacial score (nSPS) is 11.2. The summed E-state index contributed by atoms with van der Waals surface area (Å²) in [6.07, 6.45) is 0.454. The van der Waals surface area contributed by atoms with E-state index in [-0.39, 0.29) is 6.42 Å². The van der Waals surface area contributed by atoms with E-state index in [1.807, 2.05) is 0 Å². The summed E-state index contributed by atoms with van der Waals surface area (Å²) in [7, 11) is 0. The van der Waals surface area contributed by atoms with Crippen LogP contribution in [0.15, 0.2) is 18.2 Å². The van der Waals surface area contributed by atoms with E-state index in [4.69, 9.17) is 5.73 Å². The van der Waals surface area contributed by atoms with E-state index in [1.165, 1.54) is 6.07 Å². The first-order valence-corrected chi connectivity index (χ1v) is 5.72. The fourth-order valence-electron chi connectivity index (χ4n) is 1.43. The molecule has 0 aliphatic rings. The average Bonchev–Trinajstić information content (AvgIpc) is 2.28. The van der Waals surface area contributed by atoms with Crippen LogP contribution in [-0.4, -0.2) is 16.4 Å². The van der Waals surface area contributed by atoms with Gasteiger partial charge in [-0.1, -0.05) is 6.07 Å². The minimum Gasteiger partial charge on any atom is -0.326 e. The number of carbonyl (C=O) groups is 1. The second kappa shape index (κ2) is 5.75. The molecular formula is C12H16FN3O3. The number of carbonyl (C=O) groups excluding carboxylic acids is 1. The Kier molecular flexibility index (Phi) is 4.55. The maximum Gasteiger partial charge on any atom is 0.295 e. The SMILES string of the molecule is CC(C)(N)CCC(=O)Nc1c(F)cccc1[N+](=O)[O-]. The number of benzene rings is 1. The Hall–Kier alpha value is -2.02. The number of nitrogens with one attached hydrogen (secondary N) is 1. The molecule has 0 radical (unpaired) electrons. The Bertz CT molecular complexity index is 497. The van der Waals surface area contributed by atoms with Gasteiger partial charge in [-0.05, 0) is 26.3 Å². The number of nitro groups is 1. The minimum absolute atomic E-state index is 0.0645. The highest BCUT2D eigenvalue weighted by Gasteiger charge is 2.20. The van der Waals surface area contributed by atoms with Gasteiger partial charge in [-0.25, -0.2) is 4.39 Å². The summed E-state index contributed by atoms with van der Waals surface area (Å²) in [6, 6.07) is 3.40. The molecule has 0 aliphatic carbocycles. The molecule has 1 aromatic rings. The van der Waals surface area contributed by atoms with Crippen molar-refractivity contribution in [1.82, 2.24) is 0 Å². The standard InChI is InChI=1S/C12H16FN3O3/c1-12(2,14)7-6-10(17)15-11-8(13)4-3-5-9(11)16(18)19/h3-5H,6-7,14H2,1-2H3,(H,15,17). The van der Waals surface area contributed by atoms with E-state index < -0.39 is 33.6 Å². The molecule has 0 unspecified atom stereocenters. The van der Waals surface area contributed by atoms with Gasteiger partial charge < -0.3 is 11.1 Å². The zero-order valence-electron chi connectivity index (χ0n) is 10.8. The van der Waals surface area contributed by atoms with Crippen LogP contribution in [0.4, 0.5) is 15.8 Å². The third kappa shape index (κ3) is 4.63. The zero-order chi connectivity index (χ0) is 14.6. The first kappa shape index (κ1) is 15.0. The molecule has 0 saturated heterocycles. The Morgan fingerprint density at radius 3 is 2.68 bits per heavy atom. The molecule has 7 heteroatoms. The van der Waals surface area contributed by atoms with Gasteiger partial charge in [0.1, 0.15) is 0 Å². The lowest BCUT2D eigenvalue weighted by Crippen LogP contribution is -2.33. The van der Waals surface area contributed by atoms with Crippen LogP contribution in [0, 0.1) is 15.9 Å². The molecule has 3 N–H and O–H groups in total. The van der Waals surface area contributed by atoms with Crippen LogP contribution in [0.2, 0.25) is 0 Å². The van der Waals surface area contributed by atoms with Crippen LogP contribution in [0.5, 0.6) is 0 Å². The van der Waals surface area contributed by atoms with E-state index in [0.29, 0.717) is 6.42 Å². The summed E-state index contributed by atoms with van der Waals surface area (Å²) < 4.78 is 13.5. The number of hydrogen-bond acceptors (Lipinski definition) is 4. The molecule has 0 saturated carbocycles. The Morgan fingerprint density at radius 1 is 1.53 bits per heavy atom. The highest BCUT2D eigenvalue weighted by Crippen LogP contribution is 2.27. The number of rotatable bonds is 5. The molecule has 0 atom stereocenters. The van der Waals surface area contributed by atoms with Gasteiger partial charge in [-0.2, -0.15) is 0 Å². The highest BCUT2D eigenvalue weighted by atomic mass is 19.1. The van der Waals surface area contributed by atoms with Gasteiger partial charge in [0.05, 0.1) is 4.92 Å². The second-order valence-electron chi connectivity index (χ2n) is 4.93. The van der Waals surface area contributed by atoms with E-state index in [0.717, 1.165) is 12.1 Å². The first-order chi connectivity index (χ1) is 8.70. The van der Waals surface area contributed by atoms with Gasteiger partial charge in [0.15, 0.2) is 11.5 Å². The van der Waals surface area contributed by atoms with Crippen molar-refractivity contribution in [3.63, 3.8) is 0 Å². The lowest BCUT2D eigenvalue weighted by molar-refractivity contribution is -0.384. The van der Waals surface area contributed by atoms with Gasteiger partial charge in [0.25, 0.3) is 5.69 Å². The Morgan fingerprint density at radius 2 is 2.16 bits per heavy atom. The molecule has 1 amide bonds. The molecule has 19 heavy (non-hydrogen) atoms. The summed E-state index contributed by atoms with van der Waals surface area (Å²) >= 11 is 0. The van der Waals surface area contributed by atoms with Crippen LogP contribution in [-0.2, 0) is 4.79 Å². The average molecular weight is 269 g/mol. The molecule has 104 valence electrons. The van der Waals surface area contributed by atoms with Crippen molar-refractivity contribution in [2.75, 3.05) is 5.32 Å². The van der Waals surface area contributed by atoms with Crippen molar-refractivity contribution in [2.24, 2.45) is 5.73 Å². The van der Waals surface area contributed by atoms with Crippen LogP contribution in [0.25, 0.3) is 0 Å². The number of hydrogen-bond donors (Lipinski definition) is 2. The van der Waals surface area contributed by atoms with Gasteiger partial charge in [0.2, 0.25) is 5.91 Å². The Balaban J connectivity index is 2.82. The van der Waals surface area contributed by atoms with E-state index >= 15 is 0 Å². The van der Waals surface area contributed by atoms with Crippen molar-refractivity contribution >= 4 is 17.3 Å². The van der Waals surface area contributed by atoms with Crippen LogP contribution < -0.4 is 11.1 Å². The van der Waals surface area contributed by atoms with Crippen molar-refractivity contribution in [1.29, 1.82) is 0 Å². The van der Waals surface area contributed by atoms with Crippen molar-refractivity contribution in [2.45, 2.75) is 32.2 Å². The predicted octanol–water partition coefficient (Wildman–Crippen LogP) is 2.19. The molecule has 0 heterocycles. The van der Waals surface area contributed by atoms with Gasteiger partial charge >= 0.3 is 0 Å². The lowest BCUT2D eigenvalue weighted by atomic mass is 10.00. The summed E-state index contributed by atoms with van der Waals surface area (Å²) in [5, 5.41) is 13.0. The third-order valence-electron chi connectivity index (χ3n) is 2.45. The molecule has 1 aromatic carbocycles. The van der Waals surface area contributed by atoms with Gasteiger partial charge in [-0.15, -0.1) is 0 Å². The second-order valence-corrected chi connectivity index (χ2v) is 4.93. The summed E-state index contributed by atoms with van der Waals surface area (Å²) in [5.74, 6) is -1.35. The van der Waals surface area contributed by atoms with Gasteiger partial charge in [0, 0.05) is 18.0 Å². The molecule has 0 fully saturated rings. The number of para-hydroxylation sites is 1. The van der Waals surface area contributed by atoms with Crippen molar-refractivity contribution in [3.05, 3.63) is 34.1 Å². The number of halogens is 1. The van der Waals surface area contributed by atoms with Crippen LogP contribution >= 0.6 is 0 Å². The van der Waals surface area contributed by atoms with E-state index in [1.54, 1.807) is 13.8 Å². The quantitative estimate of drug-likeness (QED) is 0.632. The van der Waals surface area contributed by atoms with Crippen LogP contribution in [0.1, 0.15) is 26.7 Å². The smallest absolute Gasteiger partial charge is 0.295 e. The topological polar surface area (TPSA) is 98.3 Å². The predicted molar refractivity (Wildman–Crippen MR) is 69.2 cm³/mol. The maximum atomic E-state index is 13.5. The number of amides is 1. The van der Waals surface area contributed by atoms with Crippen molar-refractivity contribution < 1.29 is 14.1 Å². The van der Waals surface area contributed by atoms with Crippen molar-refractivity contribution in [3.8, 4) is 0 Å². The van der Waals surface area contributed by atoms with E-state index in [2.05, 4.69) is 5.32 Å². The summed E-state index contributed by atoms with van der Waals surface area (Å²) in [5.41, 5.74) is 4.31. The third-order valence-corrected chi connectivity index (χ3v) is 2.45. The largest absolute Gasteiger partial charge is 0.326 e. The number of nitrogens with two attached hydrogens (primary N) is 1. The summed E-state index contributed by atoms with van der Waals surface area (Å²) in [4.78, 5) is 21.6. The fourth-order valence-corrected chi connectivity index (χ4v) is 1.43. The maximum absolute atomic E-state index is 13.5. The Labute approximate surface area is 109 Å². The number of nitrogens with zero attached hydrogens (tertiary/aromatic N) is 1. The lowest BCUT2D eigenvalue weighted by Gasteiger charge is -2.17. The molecule has 1 rings (SSSR count). The molecular weight excluding hydrogens is 253 g/mol. The molecule has 0 aromatic heterocycles. The number of nitro benzene ring substituents is 1. The van der Waals surface area contributed by atoms with Gasteiger partial charge in [-0.3, -0.25) is 14.9 Å². The molecule has 0 spiro atoms. The number of anilines is 1.